The van der Waals surface area contributed by atoms with E-state index in [9.17, 15) is 4.79 Å². The minimum Gasteiger partial charge on any atom is -0.348 e. The maximum Gasteiger partial charge on any atom is 0.244 e. The van der Waals surface area contributed by atoms with Crippen LogP contribution in [0.2, 0.25) is 0 Å². The quantitative estimate of drug-likeness (QED) is 0.727. The molecule has 0 atom stereocenters. The van der Waals surface area contributed by atoms with E-state index in [1.54, 1.807) is 28.3 Å². The molecule has 24 heavy (non-hydrogen) atoms. The SMILES string of the molecule is Cc1nc(-c2ccccc2)sc1CNC(=O)/C=C\c1cnn(C)c1. The van der Waals surface area contributed by atoms with Crippen molar-refractivity contribution in [2.75, 3.05) is 0 Å². The van der Waals surface area contributed by atoms with E-state index >= 15 is 0 Å². The number of carbonyl (C=O) groups excluding carboxylic acids is 1. The lowest BCUT2D eigenvalue weighted by molar-refractivity contribution is -0.116. The largest absolute Gasteiger partial charge is 0.348 e. The van der Waals surface area contributed by atoms with Gasteiger partial charge in [0.2, 0.25) is 5.91 Å². The summed E-state index contributed by atoms with van der Waals surface area (Å²) < 4.78 is 1.70. The van der Waals surface area contributed by atoms with Crippen LogP contribution in [-0.4, -0.2) is 20.7 Å². The highest BCUT2D eigenvalue weighted by Crippen LogP contribution is 2.27. The third-order valence-corrected chi connectivity index (χ3v) is 4.70. The molecule has 6 heteroatoms. The van der Waals surface area contributed by atoms with Gasteiger partial charge in [0.1, 0.15) is 5.01 Å². The molecule has 0 aliphatic carbocycles. The van der Waals surface area contributed by atoms with Crippen LogP contribution >= 0.6 is 11.3 Å². The Morgan fingerprint density at radius 1 is 1.33 bits per heavy atom. The van der Waals surface area contributed by atoms with Crippen LogP contribution in [0.5, 0.6) is 0 Å². The minimum absolute atomic E-state index is 0.132. The van der Waals surface area contributed by atoms with E-state index < -0.39 is 0 Å². The summed E-state index contributed by atoms with van der Waals surface area (Å²) in [5.41, 5.74) is 2.95. The summed E-state index contributed by atoms with van der Waals surface area (Å²) in [7, 11) is 1.84. The van der Waals surface area contributed by atoms with Crippen LogP contribution in [0.1, 0.15) is 16.1 Å². The van der Waals surface area contributed by atoms with Gasteiger partial charge in [-0.2, -0.15) is 5.10 Å². The van der Waals surface area contributed by atoms with Crippen molar-refractivity contribution in [3.05, 3.63) is 64.9 Å². The molecule has 0 radical (unpaired) electrons. The molecule has 1 N–H and O–H groups in total. The summed E-state index contributed by atoms with van der Waals surface area (Å²) in [6, 6.07) is 10.1. The van der Waals surface area contributed by atoms with Crippen molar-refractivity contribution in [1.29, 1.82) is 0 Å². The summed E-state index contributed by atoms with van der Waals surface area (Å²) >= 11 is 1.61. The summed E-state index contributed by atoms with van der Waals surface area (Å²) in [5.74, 6) is -0.132. The molecular weight excluding hydrogens is 320 g/mol. The van der Waals surface area contributed by atoms with Gasteiger partial charge in [-0.3, -0.25) is 9.48 Å². The van der Waals surface area contributed by atoms with Gasteiger partial charge in [0.25, 0.3) is 0 Å². The van der Waals surface area contributed by atoms with E-state index in [0.29, 0.717) is 6.54 Å². The summed E-state index contributed by atoms with van der Waals surface area (Å²) in [6.45, 7) is 2.45. The Morgan fingerprint density at radius 3 is 2.83 bits per heavy atom. The highest BCUT2D eigenvalue weighted by molar-refractivity contribution is 7.15. The van der Waals surface area contributed by atoms with E-state index in [1.165, 1.54) is 6.08 Å². The zero-order chi connectivity index (χ0) is 16.9. The van der Waals surface area contributed by atoms with Gasteiger partial charge in [0, 0.05) is 35.3 Å². The number of hydrogen-bond donors (Lipinski definition) is 1. The molecule has 1 aromatic carbocycles. The minimum atomic E-state index is -0.132. The predicted octanol–water partition coefficient (Wildman–Crippen LogP) is 3.18. The van der Waals surface area contributed by atoms with Crippen LogP contribution in [0.4, 0.5) is 0 Å². The Morgan fingerprint density at radius 2 is 2.12 bits per heavy atom. The van der Waals surface area contributed by atoms with E-state index in [1.807, 2.05) is 50.5 Å². The molecule has 0 saturated heterocycles. The average Bonchev–Trinajstić information content (AvgIpc) is 3.17. The molecule has 3 aromatic rings. The zero-order valence-electron chi connectivity index (χ0n) is 13.6. The Kier molecular flexibility index (Phi) is 4.86. The zero-order valence-corrected chi connectivity index (χ0v) is 14.4. The molecule has 0 unspecified atom stereocenters. The van der Waals surface area contributed by atoms with Crippen LogP contribution in [0, 0.1) is 6.92 Å². The third kappa shape index (κ3) is 3.97. The molecular formula is C18H18N4OS. The van der Waals surface area contributed by atoms with Crippen molar-refractivity contribution in [3.8, 4) is 10.6 Å². The predicted molar refractivity (Wildman–Crippen MR) is 96.4 cm³/mol. The lowest BCUT2D eigenvalue weighted by atomic mass is 10.2. The maximum absolute atomic E-state index is 11.9. The van der Waals surface area contributed by atoms with Gasteiger partial charge >= 0.3 is 0 Å². The number of hydrogen-bond acceptors (Lipinski definition) is 4. The fourth-order valence-corrected chi connectivity index (χ4v) is 3.23. The van der Waals surface area contributed by atoms with Crippen molar-refractivity contribution >= 4 is 23.3 Å². The van der Waals surface area contributed by atoms with Crippen LogP contribution in [0.15, 0.2) is 48.8 Å². The third-order valence-electron chi connectivity index (χ3n) is 3.49. The normalized spacial score (nSPS) is 11.1. The molecule has 0 saturated carbocycles. The first kappa shape index (κ1) is 16.1. The van der Waals surface area contributed by atoms with Gasteiger partial charge in [-0.05, 0) is 13.0 Å². The van der Waals surface area contributed by atoms with E-state index in [2.05, 4.69) is 15.4 Å². The molecule has 2 aromatic heterocycles. The number of nitrogens with zero attached hydrogens (tertiary/aromatic N) is 3. The Bertz CT molecular complexity index is 864. The van der Waals surface area contributed by atoms with Gasteiger partial charge in [0.05, 0.1) is 18.4 Å². The van der Waals surface area contributed by atoms with Gasteiger partial charge < -0.3 is 5.32 Å². The van der Waals surface area contributed by atoms with Gasteiger partial charge in [0.15, 0.2) is 0 Å². The van der Waals surface area contributed by atoms with Gasteiger partial charge in [-0.25, -0.2) is 4.98 Å². The highest BCUT2D eigenvalue weighted by atomic mass is 32.1. The number of thiazole rings is 1. The van der Waals surface area contributed by atoms with Crippen LogP contribution in [-0.2, 0) is 18.4 Å². The van der Waals surface area contributed by atoms with Crippen molar-refractivity contribution in [1.82, 2.24) is 20.1 Å². The molecule has 1 amide bonds. The second-order valence-electron chi connectivity index (χ2n) is 5.39. The first-order chi connectivity index (χ1) is 11.6. The molecule has 0 spiro atoms. The highest BCUT2D eigenvalue weighted by Gasteiger charge is 2.09. The number of aromatic nitrogens is 3. The molecule has 2 heterocycles. The lowest BCUT2D eigenvalue weighted by Crippen LogP contribution is -2.20. The molecule has 3 rings (SSSR count). The molecule has 5 nitrogen and oxygen atoms in total. The van der Waals surface area contributed by atoms with Crippen molar-refractivity contribution in [3.63, 3.8) is 0 Å². The first-order valence-corrected chi connectivity index (χ1v) is 8.40. The van der Waals surface area contributed by atoms with Crippen molar-refractivity contribution < 1.29 is 4.79 Å². The fourth-order valence-electron chi connectivity index (χ4n) is 2.22. The standard InChI is InChI=1S/C18H18N4OS/c1-13-16(24-18(21-13)15-6-4-3-5-7-15)11-19-17(23)9-8-14-10-20-22(2)12-14/h3-10,12H,11H2,1-2H3,(H,19,23)/b9-8-. The van der Waals surface area contributed by atoms with Gasteiger partial charge in [-0.15, -0.1) is 11.3 Å². The second kappa shape index (κ2) is 7.23. The smallest absolute Gasteiger partial charge is 0.244 e. The van der Waals surface area contributed by atoms with E-state index in [0.717, 1.165) is 26.7 Å². The Labute approximate surface area is 144 Å². The summed E-state index contributed by atoms with van der Waals surface area (Å²) in [4.78, 5) is 17.6. The van der Waals surface area contributed by atoms with Crippen molar-refractivity contribution in [2.45, 2.75) is 13.5 Å². The summed E-state index contributed by atoms with van der Waals surface area (Å²) in [5, 5.41) is 7.93. The Hall–Kier alpha value is -2.73. The molecule has 0 bridgehead atoms. The van der Waals surface area contributed by atoms with Crippen LogP contribution < -0.4 is 5.32 Å². The molecule has 0 aliphatic rings. The number of nitrogens with one attached hydrogen (secondary N) is 1. The van der Waals surface area contributed by atoms with Gasteiger partial charge in [-0.1, -0.05) is 30.3 Å². The number of aryl methyl sites for hydroxylation is 2. The maximum atomic E-state index is 11.9. The number of benzene rings is 1. The molecule has 0 fully saturated rings. The molecule has 122 valence electrons. The van der Waals surface area contributed by atoms with Crippen molar-refractivity contribution in [2.24, 2.45) is 7.05 Å². The number of rotatable bonds is 5. The summed E-state index contributed by atoms with van der Waals surface area (Å²) in [6.07, 6.45) is 6.83. The monoisotopic (exact) mass is 338 g/mol. The first-order valence-electron chi connectivity index (χ1n) is 7.58. The topological polar surface area (TPSA) is 59.8 Å². The lowest BCUT2D eigenvalue weighted by Gasteiger charge is -1.99. The Balaban J connectivity index is 1.61. The second-order valence-corrected chi connectivity index (χ2v) is 6.48. The van der Waals surface area contributed by atoms with Crippen LogP contribution in [0.3, 0.4) is 0 Å². The fraction of sp³-hybridized carbons (Fsp3) is 0.167. The average molecular weight is 338 g/mol. The molecule has 0 aliphatic heterocycles. The van der Waals surface area contributed by atoms with E-state index in [-0.39, 0.29) is 5.91 Å². The number of carbonyl (C=O) groups is 1. The van der Waals surface area contributed by atoms with E-state index in [4.69, 9.17) is 0 Å². The number of amides is 1. The van der Waals surface area contributed by atoms with Crippen LogP contribution in [0.25, 0.3) is 16.6 Å².